The van der Waals surface area contributed by atoms with Gasteiger partial charge in [0.2, 0.25) is 0 Å². The minimum absolute atomic E-state index is 0.717. The number of nitrogens with one attached hydrogen (secondary N) is 1. The van der Waals surface area contributed by atoms with Gasteiger partial charge in [0.1, 0.15) is 5.75 Å². The van der Waals surface area contributed by atoms with E-state index in [1.54, 1.807) is 7.11 Å². The lowest BCUT2D eigenvalue weighted by atomic mass is 10.2. The van der Waals surface area contributed by atoms with Crippen molar-refractivity contribution >= 4 is 33.3 Å². The van der Waals surface area contributed by atoms with Crippen LogP contribution in [0.1, 0.15) is 12.5 Å². The van der Waals surface area contributed by atoms with E-state index in [1.165, 1.54) is 0 Å². The molecule has 0 spiro atoms. The van der Waals surface area contributed by atoms with E-state index in [-0.39, 0.29) is 0 Å². The van der Waals surface area contributed by atoms with E-state index in [2.05, 4.69) is 21.2 Å². The molecule has 0 aliphatic carbocycles. The van der Waals surface area contributed by atoms with E-state index in [1.807, 2.05) is 37.1 Å². The Morgan fingerprint density at radius 2 is 2.24 bits per heavy atom. The molecule has 0 bridgehead atoms. The Morgan fingerprint density at radius 3 is 2.82 bits per heavy atom. The zero-order valence-corrected chi connectivity index (χ0v) is 12.7. The van der Waals surface area contributed by atoms with Gasteiger partial charge >= 0.3 is 0 Å². The highest BCUT2D eigenvalue weighted by atomic mass is 79.9. The minimum atomic E-state index is 0.717. The summed E-state index contributed by atoms with van der Waals surface area (Å²) in [6.45, 7) is 3.58. The predicted octanol–water partition coefficient (Wildman–Crippen LogP) is 2.78. The first-order valence-corrected chi connectivity index (χ1v) is 6.60. The first-order chi connectivity index (χ1) is 8.08. The molecule has 3 nitrogen and oxygen atoms in total. The molecule has 0 aliphatic heterocycles. The molecule has 0 aliphatic rings. The molecule has 0 fully saturated rings. The maximum absolute atomic E-state index is 5.33. The highest BCUT2D eigenvalue weighted by Gasteiger charge is 2.09. The molecule has 17 heavy (non-hydrogen) atoms. The summed E-state index contributed by atoms with van der Waals surface area (Å²) < 4.78 is 6.37. The molecule has 0 saturated heterocycles. The number of halogens is 1. The van der Waals surface area contributed by atoms with Gasteiger partial charge in [-0.25, -0.2) is 0 Å². The van der Waals surface area contributed by atoms with Crippen molar-refractivity contribution < 1.29 is 4.74 Å². The van der Waals surface area contributed by atoms with E-state index in [9.17, 15) is 0 Å². The summed E-state index contributed by atoms with van der Waals surface area (Å²) in [4.78, 5) is 1.99. The second-order valence-corrected chi connectivity index (χ2v) is 4.95. The second kappa shape index (κ2) is 6.81. The fraction of sp³-hybridized carbons (Fsp3) is 0.417. The van der Waals surface area contributed by atoms with Gasteiger partial charge in [0.25, 0.3) is 0 Å². The van der Waals surface area contributed by atoms with Crippen molar-refractivity contribution in [2.24, 2.45) is 0 Å². The molecular weight excluding hydrogens is 300 g/mol. The average molecular weight is 317 g/mol. The van der Waals surface area contributed by atoms with Crippen molar-refractivity contribution in [3.8, 4) is 5.75 Å². The number of benzene rings is 1. The van der Waals surface area contributed by atoms with Gasteiger partial charge in [-0.05, 0) is 37.3 Å². The first-order valence-electron chi connectivity index (χ1n) is 5.39. The minimum Gasteiger partial charge on any atom is -0.496 e. The van der Waals surface area contributed by atoms with E-state index in [0.717, 1.165) is 27.4 Å². The molecule has 0 aromatic heterocycles. The fourth-order valence-corrected chi connectivity index (χ4v) is 2.10. The van der Waals surface area contributed by atoms with Crippen LogP contribution in [0.25, 0.3) is 0 Å². The molecule has 0 unspecified atom stereocenters. The summed E-state index contributed by atoms with van der Waals surface area (Å²) in [7, 11) is 3.64. The summed E-state index contributed by atoms with van der Waals surface area (Å²) >= 11 is 8.71. The molecule has 0 amide bonds. The van der Waals surface area contributed by atoms with Crippen LogP contribution in [0.2, 0.25) is 0 Å². The van der Waals surface area contributed by atoms with Crippen molar-refractivity contribution in [1.29, 1.82) is 0 Å². The summed E-state index contributed by atoms with van der Waals surface area (Å²) in [6, 6.07) is 5.96. The fourth-order valence-electron chi connectivity index (χ4n) is 1.48. The van der Waals surface area contributed by atoms with Crippen molar-refractivity contribution in [2.45, 2.75) is 13.5 Å². The normalized spacial score (nSPS) is 9.88. The largest absolute Gasteiger partial charge is 0.496 e. The Bertz CT molecular complexity index is 398. The molecule has 0 atom stereocenters. The zero-order chi connectivity index (χ0) is 12.8. The zero-order valence-electron chi connectivity index (χ0n) is 10.3. The number of nitrogens with zero attached hydrogens (tertiary/aromatic N) is 1. The van der Waals surface area contributed by atoms with Gasteiger partial charge in [0, 0.05) is 30.2 Å². The molecular formula is C12H17BrN2OS. The van der Waals surface area contributed by atoms with Crippen LogP contribution in [-0.4, -0.2) is 30.7 Å². The monoisotopic (exact) mass is 316 g/mol. The number of thiocarbonyl (C=S) groups is 1. The Hall–Kier alpha value is -0.810. The van der Waals surface area contributed by atoms with E-state index in [4.69, 9.17) is 17.0 Å². The summed E-state index contributed by atoms with van der Waals surface area (Å²) in [5.74, 6) is 0.874. The van der Waals surface area contributed by atoms with E-state index in [0.29, 0.717) is 6.54 Å². The number of ether oxygens (including phenoxy) is 1. The third-order valence-corrected chi connectivity index (χ3v) is 3.27. The van der Waals surface area contributed by atoms with Crippen LogP contribution in [0, 0.1) is 0 Å². The second-order valence-electron chi connectivity index (χ2n) is 3.65. The lowest BCUT2D eigenvalue weighted by molar-refractivity contribution is 0.397. The van der Waals surface area contributed by atoms with Crippen LogP contribution in [0.3, 0.4) is 0 Å². The van der Waals surface area contributed by atoms with Gasteiger partial charge in [0.15, 0.2) is 5.11 Å². The van der Waals surface area contributed by atoms with Crippen LogP contribution in [0.4, 0.5) is 0 Å². The summed E-state index contributed by atoms with van der Waals surface area (Å²) in [5, 5.41) is 3.87. The van der Waals surface area contributed by atoms with Gasteiger partial charge in [0.05, 0.1) is 7.11 Å². The van der Waals surface area contributed by atoms with E-state index >= 15 is 0 Å². The lowest BCUT2D eigenvalue weighted by Crippen LogP contribution is -2.36. The highest BCUT2D eigenvalue weighted by molar-refractivity contribution is 9.10. The van der Waals surface area contributed by atoms with Gasteiger partial charge in [-0.3, -0.25) is 0 Å². The van der Waals surface area contributed by atoms with Gasteiger partial charge in [-0.15, -0.1) is 0 Å². The van der Waals surface area contributed by atoms with Gasteiger partial charge < -0.3 is 15.0 Å². The summed E-state index contributed by atoms with van der Waals surface area (Å²) in [6.07, 6.45) is 0. The Labute approximate surface area is 116 Å². The highest BCUT2D eigenvalue weighted by Crippen LogP contribution is 2.23. The predicted molar refractivity (Wildman–Crippen MR) is 78.4 cm³/mol. The molecule has 1 aromatic carbocycles. The van der Waals surface area contributed by atoms with Crippen LogP contribution in [0.5, 0.6) is 5.75 Å². The molecule has 1 N–H and O–H groups in total. The number of rotatable bonds is 4. The van der Waals surface area contributed by atoms with Crippen LogP contribution in [0.15, 0.2) is 22.7 Å². The van der Waals surface area contributed by atoms with Gasteiger partial charge in [-0.2, -0.15) is 0 Å². The lowest BCUT2D eigenvalue weighted by Gasteiger charge is -2.21. The van der Waals surface area contributed by atoms with Crippen molar-refractivity contribution in [3.63, 3.8) is 0 Å². The number of hydrogen-bond acceptors (Lipinski definition) is 2. The summed E-state index contributed by atoms with van der Waals surface area (Å²) in [5.41, 5.74) is 1.10. The van der Waals surface area contributed by atoms with Crippen molar-refractivity contribution in [2.75, 3.05) is 20.7 Å². The Morgan fingerprint density at radius 1 is 1.53 bits per heavy atom. The Kier molecular flexibility index (Phi) is 5.71. The molecule has 94 valence electrons. The smallest absolute Gasteiger partial charge is 0.168 e. The number of hydrogen-bond donors (Lipinski definition) is 1. The Balaban J connectivity index is 2.79. The maximum Gasteiger partial charge on any atom is 0.168 e. The molecule has 1 aromatic rings. The molecule has 5 heteroatoms. The average Bonchev–Trinajstić information content (AvgIpc) is 2.29. The molecule has 0 saturated carbocycles. The van der Waals surface area contributed by atoms with Crippen molar-refractivity contribution in [3.05, 3.63) is 28.2 Å². The van der Waals surface area contributed by atoms with Crippen LogP contribution in [-0.2, 0) is 6.54 Å². The quantitative estimate of drug-likeness (QED) is 0.863. The third kappa shape index (κ3) is 4.16. The topological polar surface area (TPSA) is 24.5 Å². The maximum atomic E-state index is 5.33. The molecule has 1 rings (SSSR count). The SMILES string of the molecule is CCNC(=S)N(C)Cc1cc(Br)ccc1OC. The molecule has 0 heterocycles. The third-order valence-electron chi connectivity index (χ3n) is 2.32. The van der Waals surface area contributed by atoms with Gasteiger partial charge in [-0.1, -0.05) is 15.9 Å². The van der Waals surface area contributed by atoms with Crippen LogP contribution >= 0.6 is 28.1 Å². The first kappa shape index (κ1) is 14.3. The standard InChI is InChI=1S/C12H17BrN2OS/c1-4-14-12(17)15(2)8-9-7-10(13)5-6-11(9)16-3/h5-7H,4,8H2,1-3H3,(H,14,17). The number of methoxy groups -OCH3 is 1. The molecule has 0 radical (unpaired) electrons. The van der Waals surface area contributed by atoms with E-state index < -0.39 is 0 Å². The van der Waals surface area contributed by atoms with Crippen LogP contribution < -0.4 is 10.1 Å². The van der Waals surface area contributed by atoms with Crippen molar-refractivity contribution in [1.82, 2.24) is 10.2 Å².